The van der Waals surface area contributed by atoms with Crippen molar-refractivity contribution in [3.05, 3.63) is 22.4 Å². The highest BCUT2D eigenvalue weighted by Gasteiger charge is 2.20. The van der Waals surface area contributed by atoms with Crippen LogP contribution in [-0.2, 0) is 14.3 Å². The van der Waals surface area contributed by atoms with Crippen molar-refractivity contribution >= 4 is 23.2 Å². The molecule has 6 nitrogen and oxygen atoms in total. The first kappa shape index (κ1) is 17.9. The van der Waals surface area contributed by atoms with Gasteiger partial charge in [-0.2, -0.15) is 0 Å². The molecule has 2 rings (SSSR count). The average Bonchev–Trinajstić information content (AvgIpc) is 3.07. The van der Waals surface area contributed by atoms with E-state index in [1.807, 2.05) is 17.5 Å². The van der Waals surface area contributed by atoms with Crippen molar-refractivity contribution in [3.63, 3.8) is 0 Å². The van der Waals surface area contributed by atoms with Crippen LogP contribution in [0.25, 0.3) is 0 Å². The fourth-order valence-corrected chi connectivity index (χ4v) is 3.40. The lowest BCUT2D eigenvalue weighted by Crippen LogP contribution is -2.47. The summed E-state index contributed by atoms with van der Waals surface area (Å²) in [6, 6.07) is 3.89. The van der Waals surface area contributed by atoms with Gasteiger partial charge < -0.3 is 15.4 Å². The predicted octanol–water partition coefficient (Wildman–Crippen LogP) is 1.15. The fraction of sp³-hybridized carbons (Fsp3) is 0.625. The second-order valence-corrected chi connectivity index (χ2v) is 6.75. The zero-order chi connectivity index (χ0) is 16.7. The Morgan fingerprint density at radius 1 is 1.39 bits per heavy atom. The van der Waals surface area contributed by atoms with Gasteiger partial charge in [-0.25, -0.2) is 0 Å². The summed E-state index contributed by atoms with van der Waals surface area (Å²) in [6.45, 7) is 7.50. The second kappa shape index (κ2) is 9.00. The van der Waals surface area contributed by atoms with E-state index in [1.165, 1.54) is 6.92 Å². The largest absolute Gasteiger partial charge is 0.379 e. The van der Waals surface area contributed by atoms with E-state index < -0.39 is 0 Å². The van der Waals surface area contributed by atoms with Crippen LogP contribution < -0.4 is 10.6 Å². The van der Waals surface area contributed by atoms with E-state index in [0.29, 0.717) is 6.54 Å². The molecular weight excluding hydrogens is 314 g/mol. The summed E-state index contributed by atoms with van der Waals surface area (Å²) in [7, 11) is 0. The van der Waals surface area contributed by atoms with Crippen molar-refractivity contribution in [1.29, 1.82) is 0 Å². The number of ether oxygens (including phenoxy) is 1. The zero-order valence-electron chi connectivity index (χ0n) is 13.7. The molecule has 0 spiro atoms. The average molecular weight is 339 g/mol. The first-order chi connectivity index (χ1) is 11.1. The highest BCUT2D eigenvalue weighted by atomic mass is 32.1. The van der Waals surface area contributed by atoms with Gasteiger partial charge in [-0.05, 0) is 18.4 Å². The summed E-state index contributed by atoms with van der Waals surface area (Å²) in [5.41, 5.74) is 0. The van der Waals surface area contributed by atoms with Crippen molar-refractivity contribution in [1.82, 2.24) is 15.5 Å². The summed E-state index contributed by atoms with van der Waals surface area (Å²) in [6.07, 6.45) is 0.260. The Bertz CT molecular complexity index is 501. The number of carbonyl (C=O) groups is 2. The topological polar surface area (TPSA) is 70.7 Å². The monoisotopic (exact) mass is 339 g/mol. The van der Waals surface area contributed by atoms with Gasteiger partial charge in [0.15, 0.2) is 0 Å². The van der Waals surface area contributed by atoms with Crippen molar-refractivity contribution in [2.24, 2.45) is 0 Å². The van der Waals surface area contributed by atoms with Crippen LogP contribution in [0.5, 0.6) is 0 Å². The summed E-state index contributed by atoms with van der Waals surface area (Å²) in [4.78, 5) is 26.9. The maximum atomic E-state index is 12.2. The van der Waals surface area contributed by atoms with Gasteiger partial charge in [-0.3, -0.25) is 14.5 Å². The number of nitrogens with zero attached hydrogens (tertiary/aromatic N) is 1. The minimum absolute atomic E-state index is 0.0442. The van der Waals surface area contributed by atoms with Gasteiger partial charge in [-0.15, -0.1) is 11.3 Å². The lowest BCUT2D eigenvalue weighted by molar-refractivity contribution is -0.123. The van der Waals surface area contributed by atoms with Crippen LogP contribution in [0.15, 0.2) is 17.5 Å². The van der Waals surface area contributed by atoms with E-state index >= 15 is 0 Å². The Labute approximate surface area is 141 Å². The maximum absolute atomic E-state index is 12.2. The molecule has 2 amide bonds. The summed E-state index contributed by atoms with van der Waals surface area (Å²) in [5.74, 6) is -0.171. The Hall–Kier alpha value is -1.44. The van der Waals surface area contributed by atoms with Crippen LogP contribution in [0.3, 0.4) is 0 Å². The van der Waals surface area contributed by atoms with E-state index in [0.717, 1.165) is 31.2 Å². The molecular formula is C16H25N3O3S. The Balaban J connectivity index is 1.80. The lowest BCUT2D eigenvalue weighted by atomic mass is 10.1. The number of amides is 2. The number of morpholine rings is 1. The van der Waals surface area contributed by atoms with Crippen LogP contribution >= 0.6 is 11.3 Å². The molecule has 1 fully saturated rings. The first-order valence-electron chi connectivity index (χ1n) is 7.95. The van der Waals surface area contributed by atoms with Crippen molar-refractivity contribution in [2.75, 3.05) is 32.8 Å². The minimum atomic E-state index is -0.258. The van der Waals surface area contributed by atoms with E-state index in [-0.39, 0.29) is 30.3 Å². The van der Waals surface area contributed by atoms with Gasteiger partial charge in [0.05, 0.1) is 25.7 Å². The lowest BCUT2D eigenvalue weighted by Gasteiger charge is -2.32. The Kier molecular flexibility index (Phi) is 7.01. The van der Waals surface area contributed by atoms with Crippen molar-refractivity contribution in [2.45, 2.75) is 32.4 Å². The van der Waals surface area contributed by atoms with Gasteiger partial charge in [0, 0.05) is 37.5 Å². The third-order valence-corrected chi connectivity index (χ3v) is 4.90. The molecule has 0 saturated carbocycles. The molecule has 128 valence electrons. The normalized spacial score (nSPS) is 18.2. The molecule has 0 radical (unpaired) electrons. The predicted molar refractivity (Wildman–Crippen MR) is 90.4 cm³/mol. The molecule has 0 aromatic carbocycles. The van der Waals surface area contributed by atoms with Crippen molar-refractivity contribution < 1.29 is 14.3 Å². The van der Waals surface area contributed by atoms with Gasteiger partial charge >= 0.3 is 0 Å². The third-order valence-electron chi connectivity index (χ3n) is 3.92. The molecule has 1 aromatic rings. The van der Waals surface area contributed by atoms with Crippen molar-refractivity contribution in [3.8, 4) is 0 Å². The molecule has 2 N–H and O–H groups in total. The van der Waals surface area contributed by atoms with Crippen LogP contribution in [0.4, 0.5) is 0 Å². The highest BCUT2D eigenvalue weighted by molar-refractivity contribution is 7.10. The quantitative estimate of drug-likeness (QED) is 0.782. The molecule has 23 heavy (non-hydrogen) atoms. The summed E-state index contributed by atoms with van der Waals surface area (Å²) < 4.78 is 5.34. The third kappa shape index (κ3) is 5.93. The second-order valence-electron chi connectivity index (χ2n) is 5.77. The molecule has 1 aliphatic heterocycles. The van der Waals surface area contributed by atoms with Gasteiger partial charge in [-0.1, -0.05) is 6.07 Å². The standard InChI is InChI=1S/C16H25N3O3S/c1-12(19-5-7-22-8-6-19)11-17-16(21)10-14(18-13(2)20)15-4-3-9-23-15/h3-4,9,12,14H,5-8,10-11H2,1-2H3,(H,17,21)(H,18,20)/t12-,14+/m1/s1. The molecule has 7 heteroatoms. The Morgan fingerprint density at radius 2 is 2.13 bits per heavy atom. The van der Waals surface area contributed by atoms with Gasteiger partial charge in [0.2, 0.25) is 11.8 Å². The van der Waals surface area contributed by atoms with Crippen LogP contribution in [0, 0.1) is 0 Å². The molecule has 1 aromatic heterocycles. The Morgan fingerprint density at radius 3 is 2.74 bits per heavy atom. The smallest absolute Gasteiger partial charge is 0.222 e. The van der Waals surface area contributed by atoms with E-state index in [9.17, 15) is 9.59 Å². The molecule has 2 heterocycles. The number of rotatable bonds is 7. The summed E-state index contributed by atoms with van der Waals surface area (Å²) >= 11 is 1.55. The minimum Gasteiger partial charge on any atom is -0.379 e. The molecule has 0 bridgehead atoms. The first-order valence-corrected chi connectivity index (χ1v) is 8.83. The molecule has 1 saturated heterocycles. The van der Waals surface area contributed by atoms with Gasteiger partial charge in [0.1, 0.15) is 0 Å². The van der Waals surface area contributed by atoms with Gasteiger partial charge in [0.25, 0.3) is 0 Å². The van der Waals surface area contributed by atoms with Crippen LogP contribution in [0.2, 0.25) is 0 Å². The number of nitrogens with one attached hydrogen (secondary N) is 2. The van der Waals surface area contributed by atoms with E-state index in [1.54, 1.807) is 11.3 Å². The fourth-order valence-electron chi connectivity index (χ4n) is 2.62. The molecule has 0 unspecified atom stereocenters. The summed E-state index contributed by atoms with van der Waals surface area (Å²) in [5, 5.41) is 7.77. The van der Waals surface area contributed by atoms with E-state index in [4.69, 9.17) is 4.74 Å². The highest BCUT2D eigenvalue weighted by Crippen LogP contribution is 2.21. The van der Waals surface area contributed by atoms with E-state index in [2.05, 4.69) is 22.5 Å². The number of carbonyl (C=O) groups excluding carboxylic acids is 2. The number of hydrogen-bond acceptors (Lipinski definition) is 5. The maximum Gasteiger partial charge on any atom is 0.222 e. The molecule has 1 aliphatic rings. The van der Waals surface area contributed by atoms with Crippen LogP contribution in [0.1, 0.15) is 31.2 Å². The van der Waals surface area contributed by atoms with Crippen LogP contribution in [-0.4, -0.2) is 55.6 Å². The zero-order valence-corrected chi connectivity index (χ0v) is 14.5. The molecule has 2 atom stereocenters. The number of hydrogen-bond donors (Lipinski definition) is 2. The SMILES string of the molecule is CC(=O)N[C@@H](CC(=O)NC[C@@H](C)N1CCOCC1)c1cccs1. The molecule has 0 aliphatic carbocycles. The number of thiophene rings is 1.